The van der Waals surface area contributed by atoms with Gasteiger partial charge in [-0.3, -0.25) is 14.2 Å². The number of hydrogen-bond acceptors (Lipinski definition) is 6. The Morgan fingerprint density at radius 2 is 1.88 bits per heavy atom. The molecule has 126 valence electrons. The van der Waals surface area contributed by atoms with E-state index in [1.807, 2.05) is 6.07 Å². The van der Waals surface area contributed by atoms with Gasteiger partial charge in [0, 0.05) is 25.5 Å². The molecule has 1 aromatic carbocycles. The van der Waals surface area contributed by atoms with E-state index in [0.29, 0.717) is 29.9 Å². The minimum atomic E-state index is -0.202. The molecule has 3 aromatic rings. The molecular weight excluding hydrogens is 320 g/mol. The lowest BCUT2D eigenvalue weighted by molar-refractivity contribution is -0.135. The highest BCUT2D eigenvalue weighted by molar-refractivity contribution is 5.79. The van der Waals surface area contributed by atoms with Crippen molar-refractivity contribution in [2.24, 2.45) is 0 Å². The van der Waals surface area contributed by atoms with Crippen molar-refractivity contribution < 1.29 is 4.79 Å². The first-order chi connectivity index (χ1) is 12.2. The Kier molecular flexibility index (Phi) is 3.85. The number of aromatic nitrogens is 4. The first kappa shape index (κ1) is 15.3. The number of hydrogen-bond donors (Lipinski definition) is 1. The molecule has 0 saturated carbocycles. The molecule has 1 N–H and O–H groups in total. The van der Waals surface area contributed by atoms with Crippen molar-refractivity contribution in [2.75, 3.05) is 18.4 Å². The molecule has 25 heavy (non-hydrogen) atoms. The van der Waals surface area contributed by atoms with Crippen LogP contribution in [0, 0.1) is 0 Å². The van der Waals surface area contributed by atoms with Crippen LogP contribution in [0.3, 0.4) is 0 Å². The number of carbonyl (C=O) groups is 1. The standard InChI is InChI=1S/C17H16N6O2/c24-15(22-8-12(9-22)21-17-18-6-3-7-19-17)10-23-11-20-14-5-2-1-4-13(14)16(23)25/h1-7,11-12H,8-10H2,(H,18,19,21). The molecule has 0 bridgehead atoms. The van der Waals surface area contributed by atoms with Gasteiger partial charge in [-0.2, -0.15) is 0 Å². The largest absolute Gasteiger partial charge is 0.348 e. The Balaban J connectivity index is 1.39. The summed E-state index contributed by atoms with van der Waals surface area (Å²) in [6.45, 7) is 1.12. The topological polar surface area (TPSA) is 93.0 Å². The third-order valence-corrected chi connectivity index (χ3v) is 4.17. The van der Waals surface area contributed by atoms with E-state index in [-0.39, 0.29) is 24.1 Å². The van der Waals surface area contributed by atoms with Crippen molar-refractivity contribution in [3.05, 3.63) is 59.4 Å². The fourth-order valence-corrected chi connectivity index (χ4v) is 2.79. The Labute approximate surface area is 143 Å². The molecule has 3 heterocycles. The van der Waals surface area contributed by atoms with Gasteiger partial charge >= 0.3 is 0 Å². The summed E-state index contributed by atoms with van der Waals surface area (Å²) in [5.41, 5.74) is 0.430. The summed E-state index contributed by atoms with van der Waals surface area (Å²) < 4.78 is 1.35. The number of nitrogens with one attached hydrogen (secondary N) is 1. The predicted octanol–water partition coefficient (Wildman–Crippen LogP) is 0.509. The zero-order valence-corrected chi connectivity index (χ0v) is 13.4. The quantitative estimate of drug-likeness (QED) is 0.746. The highest BCUT2D eigenvalue weighted by atomic mass is 16.2. The lowest BCUT2D eigenvalue weighted by atomic mass is 10.1. The van der Waals surface area contributed by atoms with Gasteiger partial charge in [0.25, 0.3) is 5.56 Å². The van der Waals surface area contributed by atoms with Crippen molar-refractivity contribution in [3.8, 4) is 0 Å². The minimum absolute atomic E-state index is 0.00871. The molecule has 1 amide bonds. The Bertz CT molecular complexity index is 966. The van der Waals surface area contributed by atoms with Crippen molar-refractivity contribution in [1.29, 1.82) is 0 Å². The number of anilines is 1. The maximum Gasteiger partial charge on any atom is 0.261 e. The average molecular weight is 336 g/mol. The fourth-order valence-electron chi connectivity index (χ4n) is 2.79. The molecule has 0 radical (unpaired) electrons. The van der Waals surface area contributed by atoms with Crippen molar-refractivity contribution in [1.82, 2.24) is 24.4 Å². The van der Waals surface area contributed by atoms with E-state index in [0.717, 1.165) is 0 Å². The summed E-state index contributed by atoms with van der Waals surface area (Å²) in [6.07, 6.45) is 4.75. The summed E-state index contributed by atoms with van der Waals surface area (Å²) in [4.78, 5) is 38.9. The monoisotopic (exact) mass is 336 g/mol. The molecule has 8 heteroatoms. The molecule has 0 spiro atoms. The fraction of sp³-hybridized carbons (Fsp3) is 0.235. The van der Waals surface area contributed by atoms with Gasteiger partial charge in [-0.1, -0.05) is 12.1 Å². The van der Waals surface area contributed by atoms with Crippen molar-refractivity contribution in [3.63, 3.8) is 0 Å². The Hall–Kier alpha value is -3.29. The van der Waals surface area contributed by atoms with Gasteiger partial charge in [-0.15, -0.1) is 0 Å². The molecule has 0 aliphatic carbocycles. The van der Waals surface area contributed by atoms with Gasteiger partial charge in [0.15, 0.2) is 0 Å². The molecule has 0 unspecified atom stereocenters. The molecule has 1 saturated heterocycles. The Morgan fingerprint density at radius 1 is 1.12 bits per heavy atom. The number of likely N-dealkylation sites (tertiary alicyclic amines) is 1. The summed E-state index contributed by atoms with van der Waals surface area (Å²) >= 11 is 0. The predicted molar refractivity (Wildman–Crippen MR) is 92.0 cm³/mol. The Morgan fingerprint density at radius 3 is 2.68 bits per heavy atom. The number of carbonyl (C=O) groups excluding carboxylic acids is 1. The van der Waals surface area contributed by atoms with Crippen LogP contribution >= 0.6 is 0 Å². The summed E-state index contributed by atoms with van der Waals surface area (Å²) in [5, 5.41) is 3.68. The van der Waals surface area contributed by atoms with E-state index in [2.05, 4.69) is 20.3 Å². The van der Waals surface area contributed by atoms with Gasteiger partial charge in [-0.25, -0.2) is 15.0 Å². The zero-order valence-electron chi connectivity index (χ0n) is 13.4. The molecule has 2 aromatic heterocycles. The van der Waals surface area contributed by atoms with E-state index in [9.17, 15) is 9.59 Å². The van der Waals surface area contributed by atoms with Gasteiger partial charge < -0.3 is 10.2 Å². The van der Waals surface area contributed by atoms with E-state index in [1.165, 1.54) is 10.9 Å². The summed E-state index contributed by atoms with van der Waals surface area (Å²) in [7, 11) is 0. The first-order valence-electron chi connectivity index (χ1n) is 7.96. The number of para-hydroxylation sites is 1. The first-order valence-corrected chi connectivity index (χ1v) is 7.96. The summed E-state index contributed by atoms with van der Waals surface area (Å²) in [6, 6.07) is 8.98. The molecular formula is C17H16N6O2. The number of fused-ring (bicyclic) bond motifs is 1. The van der Waals surface area contributed by atoms with Crippen LogP contribution in [-0.4, -0.2) is 49.5 Å². The second-order valence-electron chi connectivity index (χ2n) is 5.91. The molecule has 1 fully saturated rings. The maximum absolute atomic E-state index is 12.4. The maximum atomic E-state index is 12.4. The van der Waals surface area contributed by atoms with E-state index >= 15 is 0 Å². The van der Waals surface area contributed by atoms with Crippen LogP contribution in [0.15, 0.2) is 53.8 Å². The van der Waals surface area contributed by atoms with Crippen LogP contribution < -0.4 is 10.9 Å². The second-order valence-corrected chi connectivity index (χ2v) is 5.91. The van der Waals surface area contributed by atoms with Crippen LogP contribution in [-0.2, 0) is 11.3 Å². The highest BCUT2D eigenvalue weighted by Crippen LogP contribution is 2.13. The van der Waals surface area contributed by atoms with Crippen LogP contribution in [0.1, 0.15) is 0 Å². The highest BCUT2D eigenvalue weighted by Gasteiger charge is 2.31. The lowest BCUT2D eigenvalue weighted by Crippen LogP contribution is -2.58. The number of rotatable bonds is 4. The van der Waals surface area contributed by atoms with E-state index < -0.39 is 0 Å². The molecule has 0 atom stereocenters. The third kappa shape index (κ3) is 3.06. The van der Waals surface area contributed by atoms with E-state index in [4.69, 9.17) is 0 Å². The molecule has 8 nitrogen and oxygen atoms in total. The van der Waals surface area contributed by atoms with Crippen LogP contribution in [0.4, 0.5) is 5.95 Å². The van der Waals surface area contributed by atoms with Gasteiger partial charge in [-0.05, 0) is 18.2 Å². The minimum Gasteiger partial charge on any atom is -0.348 e. The van der Waals surface area contributed by atoms with Crippen LogP contribution in [0.2, 0.25) is 0 Å². The molecule has 1 aliphatic rings. The van der Waals surface area contributed by atoms with Gasteiger partial charge in [0.2, 0.25) is 11.9 Å². The summed E-state index contributed by atoms with van der Waals surface area (Å²) in [5.74, 6) is 0.445. The normalized spacial score (nSPS) is 14.3. The van der Waals surface area contributed by atoms with Crippen LogP contribution in [0.5, 0.6) is 0 Å². The number of amides is 1. The lowest BCUT2D eigenvalue weighted by Gasteiger charge is -2.39. The average Bonchev–Trinajstić information content (AvgIpc) is 2.61. The number of nitrogens with zero attached hydrogens (tertiary/aromatic N) is 5. The molecule has 4 rings (SSSR count). The van der Waals surface area contributed by atoms with Crippen molar-refractivity contribution >= 4 is 22.8 Å². The zero-order chi connectivity index (χ0) is 17.2. The van der Waals surface area contributed by atoms with Gasteiger partial charge in [0.1, 0.15) is 6.54 Å². The second kappa shape index (κ2) is 6.31. The SMILES string of the molecule is O=C(Cn1cnc2ccccc2c1=O)N1CC(Nc2ncccn2)C1. The number of benzene rings is 1. The molecule has 1 aliphatic heterocycles. The van der Waals surface area contributed by atoms with E-state index in [1.54, 1.807) is 41.6 Å². The van der Waals surface area contributed by atoms with Crippen LogP contribution in [0.25, 0.3) is 10.9 Å². The van der Waals surface area contributed by atoms with Gasteiger partial charge in [0.05, 0.1) is 23.3 Å². The third-order valence-electron chi connectivity index (χ3n) is 4.17. The smallest absolute Gasteiger partial charge is 0.261 e. The van der Waals surface area contributed by atoms with Crippen molar-refractivity contribution in [2.45, 2.75) is 12.6 Å².